The molecule has 0 amide bonds. The molecule has 7 heteroatoms. The maximum absolute atomic E-state index is 8.71. The number of hydrogen-bond acceptors (Lipinski definition) is 5. The first-order valence-corrected chi connectivity index (χ1v) is 4.97. The van der Waals surface area contributed by atoms with Crippen LogP contribution in [-0.2, 0) is 0 Å². The van der Waals surface area contributed by atoms with E-state index in [0.29, 0.717) is 23.0 Å². The molecule has 0 atom stereocenters. The van der Waals surface area contributed by atoms with E-state index in [1.165, 1.54) is 0 Å². The minimum atomic E-state index is -0.0619. The van der Waals surface area contributed by atoms with Gasteiger partial charge in [-0.3, -0.25) is 4.98 Å². The highest BCUT2D eigenvalue weighted by atomic mass is 16.4. The summed E-state index contributed by atoms with van der Waals surface area (Å²) in [5.41, 5.74) is 6.56. The number of hydrogen-bond donors (Lipinski definition) is 2. The summed E-state index contributed by atoms with van der Waals surface area (Å²) >= 11 is 0. The molecule has 0 fully saturated rings. The summed E-state index contributed by atoms with van der Waals surface area (Å²) in [6, 6.07) is 3.53. The summed E-state index contributed by atoms with van der Waals surface area (Å²) in [5, 5.41) is 15.9. The molecule has 0 saturated carbocycles. The fourth-order valence-electron chi connectivity index (χ4n) is 1.56. The third kappa shape index (κ3) is 1.94. The number of oxime groups is 1. The Balaban J connectivity index is 2.64. The van der Waals surface area contributed by atoms with Crippen LogP contribution in [0.3, 0.4) is 0 Å². The second-order valence-corrected chi connectivity index (χ2v) is 3.47. The molecule has 2 aromatic heterocycles. The molecule has 0 aliphatic rings. The molecule has 88 valence electrons. The van der Waals surface area contributed by atoms with Crippen molar-refractivity contribution >= 4 is 5.84 Å². The van der Waals surface area contributed by atoms with Crippen LogP contribution >= 0.6 is 0 Å². The lowest BCUT2D eigenvalue weighted by Gasteiger charge is -2.07. The first-order valence-electron chi connectivity index (χ1n) is 4.97. The summed E-state index contributed by atoms with van der Waals surface area (Å²) in [4.78, 5) is 8.27. The highest BCUT2D eigenvalue weighted by molar-refractivity contribution is 5.98. The molecular formula is C10H12N6O. The Bertz CT molecular complexity index is 574. The molecule has 0 aliphatic heterocycles. The van der Waals surface area contributed by atoms with E-state index in [9.17, 15) is 0 Å². The Labute approximate surface area is 97.6 Å². The molecule has 0 radical (unpaired) electrons. The number of rotatable bonds is 2. The topological polar surface area (TPSA) is 102 Å². The van der Waals surface area contributed by atoms with Gasteiger partial charge in [0.15, 0.2) is 5.84 Å². The van der Waals surface area contributed by atoms with E-state index in [2.05, 4.69) is 20.2 Å². The number of aryl methyl sites for hydroxylation is 2. The quantitative estimate of drug-likeness (QED) is 0.337. The lowest BCUT2D eigenvalue weighted by Crippen LogP contribution is -2.19. The van der Waals surface area contributed by atoms with Crippen molar-refractivity contribution in [2.24, 2.45) is 10.9 Å². The van der Waals surface area contributed by atoms with E-state index >= 15 is 0 Å². The summed E-state index contributed by atoms with van der Waals surface area (Å²) < 4.78 is 1.61. The monoisotopic (exact) mass is 232 g/mol. The van der Waals surface area contributed by atoms with Crippen molar-refractivity contribution in [2.75, 3.05) is 0 Å². The molecular weight excluding hydrogens is 220 g/mol. The van der Waals surface area contributed by atoms with Crippen LogP contribution in [-0.4, -0.2) is 30.8 Å². The van der Waals surface area contributed by atoms with Gasteiger partial charge in [0.05, 0.1) is 5.69 Å². The first-order chi connectivity index (χ1) is 8.13. The summed E-state index contributed by atoms with van der Waals surface area (Å²) in [6.07, 6.45) is 1.57. The van der Waals surface area contributed by atoms with Crippen LogP contribution in [0.5, 0.6) is 0 Å². The zero-order chi connectivity index (χ0) is 12.4. The molecule has 0 bridgehead atoms. The molecule has 0 aromatic carbocycles. The predicted molar refractivity (Wildman–Crippen MR) is 61.1 cm³/mol. The van der Waals surface area contributed by atoms with E-state index in [0.717, 1.165) is 0 Å². The van der Waals surface area contributed by atoms with Crippen LogP contribution in [0.25, 0.3) is 5.69 Å². The number of nitrogens with zero attached hydrogens (tertiary/aromatic N) is 5. The minimum Gasteiger partial charge on any atom is -0.409 e. The summed E-state index contributed by atoms with van der Waals surface area (Å²) in [7, 11) is 0. The van der Waals surface area contributed by atoms with E-state index in [1.807, 2.05) is 6.92 Å². The van der Waals surface area contributed by atoms with E-state index in [4.69, 9.17) is 10.9 Å². The van der Waals surface area contributed by atoms with Crippen molar-refractivity contribution < 1.29 is 5.21 Å². The maximum atomic E-state index is 8.71. The van der Waals surface area contributed by atoms with Gasteiger partial charge >= 0.3 is 0 Å². The number of amidine groups is 1. The van der Waals surface area contributed by atoms with Gasteiger partial charge in [0.1, 0.15) is 17.3 Å². The Morgan fingerprint density at radius 3 is 2.82 bits per heavy atom. The van der Waals surface area contributed by atoms with Crippen LogP contribution in [0, 0.1) is 13.8 Å². The fraction of sp³-hybridized carbons (Fsp3) is 0.200. The summed E-state index contributed by atoms with van der Waals surface area (Å²) in [5.74, 6) is 1.30. The predicted octanol–water partition coefficient (Wildman–Crippen LogP) is 0.374. The normalized spacial score (nSPS) is 11.8. The smallest absolute Gasteiger partial charge is 0.190 e. The number of aromatic nitrogens is 4. The fourth-order valence-corrected chi connectivity index (χ4v) is 1.56. The average molecular weight is 232 g/mol. The Hall–Kier alpha value is -2.44. The Kier molecular flexibility index (Phi) is 2.73. The first kappa shape index (κ1) is 11.1. The van der Waals surface area contributed by atoms with Gasteiger partial charge in [0.25, 0.3) is 0 Å². The Morgan fingerprint density at radius 2 is 2.24 bits per heavy atom. The van der Waals surface area contributed by atoms with E-state index in [-0.39, 0.29) is 5.84 Å². The molecule has 2 heterocycles. The van der Waals surface area contributed by atoms with Crippen molar-refractivity contribution in [1.29, 1.82) is 0 Å². The van der Waals surface area contributed by atoms with Crippen molar-refractivity contribution in [1.82, 2.24) is 19.7 Å². The van der Waals surface area contributed by atoms with Crippen LogP contribution in [0.1, 0.15) is 17.3 Å². The van der Waals surface area contributed by atoms with Crippen LogP contribution < -0.4 is 5.73 Å². The van der Waals surface area contributed by atoms with Crippen LogP contribution in [0.15, 0.2) is 23.5 Å². The lowest BCUT2D eigenvalue weighted by atomic mass is 10.3. The lowest BCUT2D eigenvalue weighted by molar-refractivity contribution is 0.318. The molecule has 0 aliphatic carbocycles. The molecule has 0 spiro atoms. The van der Waals surface area contributed by atoms with Gasteiger partial charge in [-0.25, -0.2) is 9.67 Å². The van der Waals surface area contributed by atoms with Gasteiger partial charge < -0.3 is 10.9 Å². The molecule has 0 saturated heterocycles. The van der Waals surface area contributed by atoms with Gasteiger partial charge in [-0.2, -0.15) is 5.10 Å². The highest BCUT2D eigenvalue weighted by Crippen LogP contribution is 2.12. The van der Waals surface area contributed by atoms with E-state index in [1.54, 1.807) is 29.9 Å². The molecule has 0 unspecified atom stereocenters. The van der Waals surface area contributed by atoms with Crippen LogP contribution in [0.4, 0.5) is 0 Å². The molecule has 7 nitrogen and oxygen atoms in total. The Morgan fingerprint density at radius 1 is 1.47 bits per heavy atom. The van der Waals surface area contributed by atoms with Gasteiger partial charge in [0, 0.05) is 6.20 Å². The SMILES string of the molecule is Cc1nc(C)n(-c2cccnc2/C(N)=N/O)n1. The zero-order valence-corrected chi connectivity index (χ0v) is 9.49. The minimum absolute atomic E-state index is 0.0619. The molecule has 3 N–H and O–H groups in total. The van der Waals surface area contributed by atoms with Gasteiger partial charge in [-0.1, -0.05) is 5.16 Å². The second kappa shape index (κ2) is 4.20. The van der Waals surface area contributed by atoms with Gasteiger partial charge in [0.2, 0.25) is 0 Å². The van der Waals surface area contributed by atoms with Gasteiger partial charge in [-0.05, 0) is 26.0 Å². The standard InChI is InChI=1S/C10H12N6O/c1-6-13-7(2)16(14-6)8-4-3-5-12-9(8)10(11)15-17/h3-5,17H,1-2H3,(H2,11,15). The molecule has 17 heavy (non-hydrogen) atoms. The largest absolute Gasteiger partial charge is 0.409 e. The van der Waals surface area contributed by atoms with Crippen molar-refractivity contribution in [2.45, 2.75) is 13.8 Å². The molecule has 2 aromatic rings. The number of pyridine rings is 1. The third-order valence-electron chi connectivity index (χ3n) is 2.24. The van der Waals surface area contributed by atoms with Crippen molar-refractivity contribution in [3.63, 3.8) is 0 Å². The summed E-state index contributed by atoms with van der Waals surface area (Å²) in [6.45, 7) is 3.62. The van der Waals surface area contributed by atoms with Crippen molar-refractivity contribution in [3.05, 3.63) is 35.7 Å². The third-order valence-corrected chi connectivity index (χ3v) is 2.24. The highest BCUT2D eigenvalue weighted by Gasteiger charge is 2.13. The van der Waals surface area contributed by atoms with Crippen LogP contribution in [0.2, 0.25) is 0 Å². The van der Waals surface area contributed by atoms with Gasteiger partial charge in [-0.15, -0.1) is 0 Å². The molecule has 2 rings (SSSR count). The zero-order valence-electron chi connectivity index (χ0n) is 9.49. The number of nitrogens with two attached hydrogens (primary N) is 1. The van der Waals surface area contributed by atoms with Crippen molar-refractivity contribution in [3.8, 4) is 5.69 Å². The van der Waals surface area contributed by atoms with E-state index < -0.39 is 0 Å². The average Bonchev–Trinajstić information content (AvgIpc) is 2.67. The maximum Gasteiger partial charge on any atom is 0.190 e. The second-order valence-electron chi connectivity index (χ2n) is 3.47.